The molecule has 0 heterocycles. The highest BCUT2D eigenvalue weighted by Gasteiger charge is 2.21. The van der Waals surface area contributed by atoms with Crippen LogP contribution in [0.2, 0.25) is 0 Å². The van der Waals surface area contributed by atoms with Crippen molar-refractivity contribution in [3.63, 3.8) is 0 Å². The fourth-order valence-corrected chi connectivity index (χ4v) is 1.63. The average molecular weight is 260 g/mol. The first kappa shape index (κ1) is 16.8. The lowest BCUT2D eigenvalue weighted by molar-refractivity contribution is -0.141. The molecule has 1 amide bonds. The third-order valence-corrected chi connectivity index (χ3v) is 2.40. The van der Waals surface area contributed by atoms with Crippen LogP contribution in [0.15, 0.2) is 0 Å². The number of carboxylic acids is 1. The van der Waals surface area contributed by atoms with Crippen LogP contribution in [0.25, 0.3) is 0 Å². The zero-order valence-electron chi connectivity index (χ0n) is 11.2. The standard InChI is InChI=1S/C11H24N4O3/c1-4-14-9(11(17)18)5-10(16)15-8(6-12-2)7-13-3/h8-9,12-14H,4-7H2,1-3H3,(H,15,16)(H,17,18). The number of hydrogen-bond donors (Lipinski definition) is 5. The minimum absolute atomic E-state index is 0.0522. The van der Waals surface area contributed by atoms with Gasteiger partial charge in [0.1, 0.15) is 6.04 Å². The lowest BCUT2D eigenvalue weighted by atomic mass is 10.2. The number of amides is 1. The van der Waals surface area contributed by atoms with Crippen LogP contribution in [0.1, 0.15) is 13.3 Å². The van der Waals surface area contributed by atoms with E-state index in [-0.39, 0.29) is 18.4 Å². The Labute approximate surface area is 108 Å². The lowest BCUT2D eigenvalue weighted by Gasteiger charge is -2.19. The monoisotopic (exact) mass is 260 g/mol. The van der Waals surface area contributed by atoms with E-state index in [1.54, 1.807) is 21.0 Å². The smallest absolute Gasteiger partial charge is 0.321 e. The van der Waals surface area contributed by atoms with Crippen molar-refractivity contribution < 1.29 is 14.7 Å². The van der Waals surface area contributed by atoms with E-state index in [1.165, 1.54) is 0 Å². The van der Waals surface area contributed by atoms with E-state index in [1.807, 2.05) is 0 Å². The molecule has 18 heavy (non-hydrogen) atoms. The number of likely N-dealkylation sites (N-methyl/N-ethyl adjacent to an activating group) is 3. The molecule has 0 spiro atoms. The second-order valence-electron chi connectivity index (χ2n) is 4.03. The van der Waals surface area contributed by atoms with Gasteiger partial charge in [0, 0.05) is 13.1 Å². The molecule has 106 valence electrons. The van der Waals surface area contributed by atoms with Crippen LogP contribution in [0.5, 0.6) is 0 Å². The molecule has 0 rings (SSSR count). The van der Waals surface area contributed by atoms with Gasteiger partial charge in [-0.1, -0.05) is 6.92 Å². The molecular weight excluding hydrogens is 236 g/mol. The number of carbonyl (C=O) groups is 2. The van der Waals surface area contributed by atoms with Crippen molar-refractivity contribution in [1.29, 1.82) is 0 Å². The van der Waals surface area contributed by atoms with Crippen LogP contribution >= 0.6 is 0 Å². The van der Waals surface area contributed by atoms with Gasteiger partial charge in [0.15, 0.2) is 0 Å². The molecule has 0 fully saturated rings. The molecule has 0 radical (unpaired) electrons. The molecule has 0 aromatic rings. The van der Waals surface area contributed by atoms with E-state index in [0.717, 1.165) is 0 Å². The maximum absolute atomic E-state index is 11.7. The quantitative estimate of drug-likeness (QED) is 0.323. The Morgan fingerprint density at radius 3 is 2.11 bits per heavy atom. The molecule has 0 aromatic carbocycles. The Morgan fingerprint density at radius 2 is 1.72 bits per heavy atom. The van der Waals surface area contributed by atoms with E-state index >= 15 is 0 Å². The van der Waals surface area contributed by atoms with Crippen LogP contribution in [0.3, 0.4) is 0 Å². The summed E-state index contributed by atoms with van der Waals surface area (Å²) in [6.07, 6.45) is -0.0624. The zero-order chi connectivity index (χ0) is 14.0. The van der Waals surface area contributed by atoms with Gasteiger partial charge in [-0.25, -0.2) is 0 Å². The molecule has 0 aromatic heterocycles. The lowest BCUT2D eigenvalue weighted by Crippen LogP contribution is -2.49. The van der Waals surface area contributed by atoms with Gasteiger partial charge in [-0.2, -0.15) is 0 Å². The number of aliphatic carboxylic acids is 1. The Balaban J connectivity index is 4.23. The summed E-state index contributed by atoms with van der Waals surface area (Å²) in [5.41, 5.74) is 0. The molecule has 7 heteroatoms. The average Bonchev–Trinajstić information content (AvgIpc) is 2.29. The van der Waals surface area contributed by atoms with Crippen LogP contribution in [-0.4, -0.2) is 62.8 Å². The molecule has 0 bridgehead atoms. The van der Waals surface area contributed by atoms with Crippen molar-refractivity contribution >= 4 is 11.9 Å². The van der Waals surface area contributed by atoms with Gasteiger partial charge in [0.25, 0.3) is 0 Å². The second-order valence-corrected chi connectivity index (χ2v) is 4.03. The van der Waals surface area contributed by atoms with Crippen molar-refractivity contribution in [2.45, 2.75) is 25.4 Å². The van der Waals surface area contributed by atoms with Crippen molar-refractivity contribution in [2.24, 2.45) is 0 Å². The Kier molecular flexibility index (Phi) is 9.17. The highest BCUT2D eigenvalue weighted by molar-refractivity contribution is 5.84. The number of hydrogen-bond acceptors (Lipinski definition) is 5. The summed E-state index contributed by atoms with van der Waals surface area (Å²) in [6, 6.07) is -0.886. The van der Waals surface area contributed by atoms with Crippen molar-refractivity contribution in [3.05, 3.63) is 0 Å². The maximum atomic E-state index is 11.7. The minimum atomic E-state index is -1.01. The molecule has 0 aliphatic carbocycles. The molecule has 0 saturated heterocycles. The number of carboxylic acid groups (broad SMARTS) is 1. The Bertz CT molecular complexity index is 255. The molecule has 0 aliphatic heterocycles. The van der Waals surface area contributed by atoms with E-state index in [2.05, 4.69) is 21.3 Å². The van der Waals surface area contributed by atoms with Gasteiger partial charge >= 0.3 is 5.97 Å². The molecule has 1 atom stereocenters. The highest BCUT2D eigenvalue weighted by Crippen LogP contribution is 1.94. The van der Waals surface area contributed by atoms with Gasteiger partial charge in [0.05, 0.1) is 12.5 Å². The normalized spacial score (nSPS) is 12.4. The number of rotatable bonds is 10. The van der Waals surface area contributed by atoms with E-state index in [9.17, 15) is 9.59 Å². The first-order chi connectivity index (χ1) is 8.54. The van der Waals surface area contributed by atoms with Crippen molar-refractivity contribution in [2.75, 3.05) is 33.7 Å². The third kappa shape index (κ3) is 7.21. The Hall–Kier alpha value is -1.18. The van der Waals surface area contributed by atoms with E-state index in [0.29, 0.717) is 19.6 Å². The second kappa shape index (κ2) is 9.81. The summed E-state index contributed by atoms with van der Waals surface area (Å²) < 4.78 is 0. The Morgan fingerprint density at radius 1 is 1.17 bits per heavy atom. The summed E-state index contributed by atoms with van der Waals surface area (Å²) in [5.74, 6) is -1.27. The molecule has 1 unspecified atom stereocenters. The van der Waals surface area contributed by atoms with E-state index in [4.69, 9.17) is 5.11 Å². The number of nitrogens with one attached hydrogen (secondary N) is 4. The predicted octanol–water partition coefficient (Wildman–Crippen LogP) is -1.64. The van der Waals surface area contributed by atoms with Gasteiger partial charge in [-0.3, -0.25) is 9.59 Å². The third-order valence-electron chi connectivity index (χ3n) is 2.40. The van der Waals surface area contributed by atoms with Crippen LogP contribution in [-0.2, 0) is 9.59 Å². The summed E-state index contributed by atoms with van der Waals surface area (Å²) in [6.45, 7) is 3.58. The fraction of sp³-hybridized carbons (Fsp3) is 0.818. The van der Waals surface area contributed by atoms with Gasteiger partial charge in [0.2, 0.25) is 5.91 Å². The molecular formula is C11H24N4O3. The van der Waals surface area contributed by atoms with Crippen LogP contribution < -0.4 is 21.3 Å². The topological polar surface area (TPSA) is 102 Å². The predicted molar refractivity (Wildman–Crippen MR) is 69.5 cm³/mol. The van der Waals surface area contributed by atoms with Crippen molar-refractivity contribution in [1.82, 2.24) is 21.3 Å². The largest absolute Gasteiger partial charge is 0.480 e. The van der Waals surface area contributed by atoms with Crippen LogP contribution in [0, 0.1) is 0 Å². The fourth-order valence-electron chi connectivity index (χ4n) is 1.63. The van der Waals surface area contributed by atoms with Crippen molar-refractivity contribution in [3.8, 4) is 0 Å². The SMILES string of the molecule is CCNC(CC(=O)NC(CNC)CNC)C(=O)O. The number of carbonyl (C=O) groups excluding carboxylic acids is 1. The first-order valence-corrected chi connectivity index (χ1v) is 6.09. The highest BCUT2D eigenvalue weighted by atomic mass is 16.4. The van der Waals surface area contributed by atoms with Crippen LogP contribution in [0.4, 0.5) is 0 Å². The van der Waals surface area contributed by atoms with Gasteiger partial charge in [-0.15, -0.1) is 0 Å². The summed E-state index contributed by atoms with van der Waals surface area (Å²) in [4.78, 5) is 22.6. The maximum Gasteiger partial charge on any atom is 0.321 e. The summed E-state index contributed by atoms with van der Waals surface area (Å²) >= 11 is 0. The first-order valence-electron chi connectivity index (χ1n) is 6.09. The molecule has 0 saturated carbocycles. The molecule has 7 nitrogen and oxygen atoms in total. The van der Waals surface area contributed by atoms with E-state index < -0.39 is 12.0 Å². The van der Waals surface area contributed by atoms with Gasteiger partial charge in [-0.05, 0) is 20.6 Å². The van der Waals surface area contributed by atoms with Gasteiger partial charge < -0.3 is 26.4 Å². The molecule has 0 aliphatic rings. The summed E-state index contributed by atoms with van der Waals surface area (Å²) in [5, 5.41) is 20.4. The minimum Gasteiger partial charge on any atom is -0.480 e. The zero-order valence-corrected chi connectivity index (χ0v) is 11.2. The molecule has 5 N–H and O–H groups in total. The summed E-state index contributed by atoms with van der Waals surface area (Å²) in [7, 11) is 3.60.